The molecular formula is C31H32F2N2O5. The van der Waals surface area contributed by atoms with Crippen LogP contribution in [0.2, 0.25) is 0 Å². The third-order valence-corrected chi connectivity index (χ3v) is 6.34. The predicted molar refractivity (Wildman–Crippen MR) is 151 cm³/mol. The molecule has 4 aromatic carbocycles. The molecule has 0 aromatic heterocycles. The molecule has 0 saturated carbocycles. The van der Waals surface area contributed by atoms with E-state index in [9.17, 15) is 18.4 Å². The monoisotopic (exact) mass is 550 g/mol. The maximum Gasteiger partial charge on any atom is 0.272 e. The van der Waals surface area contributed by atoms with Gasteiger partial charge in [-0.3, -0.25) is 14.9 Å². The smallest absolute Gasteiger partial charge is 0.272 e. The molecule has 4 rings (SSSR count). The van der Waals surface area contributed by atoms with Crippen molar-refractivity contribution in [3.8, 4) is 17.2 Å². The number of methoxy groups -OCH3 is 2. The second-order valence-corrected chi connectivity index (χ2v) is 10.5. The number of benzene rings is 3. The molecule has 7 nitrogen and oxygen atoms in total. The SMILES string of the molecule is COc1ccc(C(NC(C)c2cc(F)cc(F)c2)c2cc(Nc3c(OC(C)(C)C)c(=O)c3=O)ccc2OC)cc1. The van der Waals surface area contributed by atoms with E-state index in [4.69, 9.17) is 14.2 Å². The average Bonchev–Trinajstić information content (AvgIpc) is 2.92. The molecule has 0 bridgehead atoms. The Hall–Kier alpha value is -4.24. The number of rotatable bonds is 10. The van der Waals surface area contributed by atoms with E-state index < -0.39 is 40.2 Å². The summed E-state index contributed by atoms with van der Waals surface area (Å²) in [4.78, 5) is 24.6. The quantitative estimate of drug-likeness (QED) is 0.237. The van der Waals surface area contributed by atoms with Gasteiger partial charge in [0.2, 0.25) is 0 Å². The fourth-order valence-electron chi connectivity index (χ4n) is 4.40. The zero-order chi connectivity index (χ0) is 29.2. The van der Waals surface area contributed by atoms with Crippen LogP contribution in [0.5, 0.6) is 17.2 Å². The molecule has 2 N–H and O–H groups in total. The number of ether oxygens (including phenoxy) is 3. The van der Waals surface area contributed by atoms with Crippen molar-refractivity contribution < 1.29 is 23.0 Å². The Kier molecular flexibility index (Phi) is 8.25. The van der Waals surface area contributed by atoms with Crippen molar-refractivity contribution in [1.29, 1.82) is 0 Å². The van der Waals surface area contributed by atoms with Crippen molar-refractivity contribution >= 4 is 11.4 Å². The highest BCUT2D eigenvalue weighted by molar-refractivity contribution is 5.71. The van der Waals surface area contributed by atoms with Gasteiger partial charge in [-0.1, -0.05) is 12.1 Å². The van der Waals surface area contributed by atoms with Gasteiger partial charge < -0.3 is 19.5 Å². The highest BCUT2D eigenvalue weighted by Crippen LogP contribution is 2.36. The second-order valence-electron chi connectivity index (χ2n) is 10.5. The summed E-state index contributed by atoms with van der Waals surface area (Å²) < 4.78 is 44.7. The van der Waals surface area contributed by atoms with Crippen molar-refractivity contribution in [2.45, 2.75) is 45.4 Å². The molecule has 0 heterocycles. The first kappa shape index (κ1) is 28.8. The van der Waals surface area contributed by atoms with Crippen molar-refractivity contribution in [3.05, 3.63) is 109 Å². The van der Waals surface area contributed by atoms with E-state index in [1.165, 1.54) is 19.2 Å². The van der Waals surface area contributed by atoms with Crippen LogP contribution < -0.4 is 35.7 Å². The van der Waals surface area contributed by atoms with E-state index in [1.807, 2.05) is 24.3 Å². The molecule has 4 aromatic rings. The largest absolute Gasteiger partial charge is 0.497 e. The normalized spacial score (nSPS) is 13.1. The number of hydrogen-bond donors (Lipinski definition) is 2. The summed E-state index contributed by atoms with van der Waals surface area (Å²) in [5.74, 6) is -0.157. The third kappa shape index (κ3) is 6.31. The Bertz CT molecular complexity index is 1550. The Balaban J connectivity index is 1.76. The van der Waals surface area contributed by atoms with Crippen LogP contribution in [0, 0.1) is 11.6 Å². The molecule has 0 amide bonds. The third-order valence-electron chi connectivity index (χ3n) is 6.34. The number of anilines is 2. The minimum Gasteiger partial charge on any atom is -0.497 e. The molecule has 2 unspecified atom stereocenters. The molecule has 0 aliphatic rings. The molecule has 210 valence electrons. The number of halogens is 2. The van der Waals surface area contributed by atoms with Gasteiger partial charge in [0, 0.05) is 23.4 Å². The lowest BCUT2D eigenvalue weighted by atomic mass is 9.95. The van der Waals surface area contributed by atoms with Gasteiger partial charge in [0.25, 0.3) is 10.9 Å². The first-order valence-electron chi connectivity index (χ1n) is 12.7. The van der Waals surface area contributed by atoms with Crippen LogP contribution in [-0.2, 0) is 0 Å². The summed E-state index contributed by atoms with van der Waals surface area (Å²) in [5.41, 5.74) is 0.518. The lowest BCUT2D eigenvalue weighted by Crippen LogP contribution is -2.39. The minimum absolute atomic E-state index is 0.0125. The maximum atomic E-state index is 14.0. The lowest BCUT2D eigenvalue weighted by Gasteiger charge is -2.27. The highest BCUT2D eigenvalue weighted by Gasteiger charge is 2.28. The summed E-state index contributed by atoms with van der Waals surface area (Å²) in [6, 6.07) is 15.0. The van der Waals surface area contributed by atoms with Crippen molar-refractivity contribution in [1.82, 2.24) is 5.32 Å². The molecule has 0 radical (unpaired) electrons. The standard InChI is InChI=1S/C31H32F2N2O5/c1-17(19-13-20(32)15-21(33)14-19)34-26(18-7-10-23(38-5)11-8-18)24-16-22(9-12-25(24)39-6)35-27-28(36)29(37)30(27)40-31(2,3)4/h7-17,26,34-35H,1-6H3. The van der Waals surface area contributed by atoms with Gasteiger partial charge in [-0.25, -0.2) is 8.78 Å². The van der Waals surface area contributed by atoms with E-state index in [0.29, 0.717) is 28.3 Å². The van der Waals surface area contributed by atoms with Crippen LogP contribution in [0.1, 0.15) is 56.5 Å². The number of nitrogens with one attached hydrogen (secondary N) is 2. The molecule has 2 atom stereocenters. The fourth-order valence-corrected chi connectivity index (χ4v) is 4.40. The second kappa shape index (κ2) is 11.5. The van der Waals surface area contributed by atoms with Gasteiger partial charge in [0.05, 0.1) is 20.3 Å². The van der Waals surface area contributed by atoms with Crippen molar-refractivity contribution in [2.75, 3.05) is 19.5 Å². The predicted octanol–water partition coefficient (Wildman–Crippen LogP) is 5.94. The fraction of sp³-hybridized carbons (Fsp3) is 0.290. The molecule has 0 spiro atoms. The first-order valence-corrected chi connectivity index (χ1v) is 12.7. The molecule has 0 fully saturated rings. The number of hydrogen-bond acceptors (Lipinski definition) is 7. The highest BCUT2D eigenvalue weighted by atomic mass is 19.1. The first-order chi connectivity index (χ1) is 18.9. The average molecular weight is 551 g/mol. The van der Waals surface area contributed by atoms with Crippen LogP contribution >= 0.6 is 0 Å². The molecule has 9 heteroatoms. The summed E-state index contributed by atoms with van der Waals surface area (Å²) in [6.45, 7) is 7.17. The van der Waals surface area contributed by atoms with E-state index in [1.54, 1.807) is 53.0 Å². The molecule has 0 saturated heterocycles. The van der Waals surface area contributed by atoms with E-state index in [2.05, 4.69) is 10.6 Å². The summed E-state index contributed by atoms with van der Waals surface area (Å²) >= 11 is 0. The summed E-state index contributed by atoms with van der Waals surface area (Å²) in [5, 5.41) is 6.49. The van der Waals surface area contributed by atoms with Crippen LogP contribution in [0.4, 0.5) is 20.2 Å². The van der Waals surface area contributed by atoms with E-state index in [0.717, 1.165) is 11.6 Å². The molecule has 0 aliphatic carbocycles. The van der Waals surface area contributed by atoms with Gasteiger partial charge in [-0.05, 0) is 81.3 Å². The lowest BCUT2D eigenvalue weighted by molar-refractivity contribution is 0.128. The van der Waals surface area contributed by atoms with Crippen molar-refractivity contribution in [2.24, 2.45) is 0 Å². The van der Waals surface area contributed by atoms with E-state index >= 15 is 0 Å². The van der Waals surface area contributed by atoms with Gasteiger partial charge in [0.1, 0.15) is 34.4 Å². The zero-order valence-electron chi connectivity index (χ0n) is 23.2. The Morgan fingerprint density at radius 2 is 1.45 bits per heavy atom. The van der Waals surface area contributed by atoms with Gasteiger partial charge in [0.15, 0.2) is 5.75 Å². The van der Waals surface area contributed by atoms with Gasteiger partial charge in [-0.15, -0.1) is 0 Å². The van der Waals surface area contributed by atoms with Crippen LogP contribution in [0.25, 0.3) is 0 Å². The molecule has 0 aliphatic heterocycles. The van der Waals surface area contributed by atoms with Crippen LogP contribution in [-0.4, -0.2) is 19.8 Å². The Morgan fingerprint density at radius 3 is 2.02 bits per heavy atom. The Morgan fingerprint density at radius 1 is 0.800 bits per heavy atom. The maximum absolute atomic E-state index is 14.0. The van der Waals surface area contributed by atoms with Crippen LogP contribution in [0.3, 0.4) is 0 Å². The van der Waals surface area contributed by atoms with E-state index in [-0.39, 0.29) is 11.4 Å². The summed E-state index contributed by atoms with van der Waals surface area (Å²) in [6.07, 6.45) is 0. The molecular weight excluding hydrogens is 518 g/mol. The topological polar surface area (TPSA) is 85.9 Å². The van der Waals surface area contributed by atoms with Gasteiger partial charge in [-0.2, -0.15) is 0 Å². The minimum atomic E-state index is -0.680. The van der Waals surface area contributed by atoms with Gasteiger partial charge >= 0.3 is 0 Å². The van der Waals surface area contributed by atoms with Crippen molar-refractivity contribution in [3.63, 3.8) is 0 Å². The summed E-state index contributed by atoms with van der Waals surface area (Å²) in [7, 11) is 3.11. The molecule has 40 heavy (non-hydrogen) atoms. The Labute approximate surface area is 231 Å². The van der Waals surface area contributed by atoms with Crippen LogP contribution in [0.15, 0.2) is 70.3 Å². The zero-order valence-corrected chi connectivity index (χ0v) is 23.2.